The van der Waals surface area contributed by atoms with Crippen LogP contribution in [0.1, 0.15) is 43.0 Å². The first-order chi connectivity index (χ1) is 17.0. The lowest BCUT2D eigenvalue weighted by Crippen LogP contribution is -2.59. The van der Waals surface area contributed by atoms with Crippen LogP contribution in [0.25, 0.3) is 6.08 Å². The lowest BCUT2D eigenvalue weighted by atomic mass is 9.75. The summed E-state index contributed by atoms with van der Waals surface area (Å²) in [6, 6.07) is 21.1. The highest BCUT2D eigenvalue weighted by Crippen LogP contribution is 2.39. The minimum absolute atomic E-state index is 0.136. The van der Waals surface area contributed by atoms with Crippen molar-refractivity contribution in [3.8, 4) is 5.75 Å². The molecule has 1 aliphatic carbocycles. The van der Waals surface area contributed by atoms with E-state index >= 15 is 0 Å². The number of thiophene rings is 1. The number of carbonyl (C=O) groups is 2. The quantitative estimate of drug-likeness (QED) is 0.374. The van der Waals surface area contributed by atoms with Gasteiger partial charge in [-0.2, -0.15) is 0 Å². The second kappa shape index (κ2) is 11.4. The Labute approximate surface area is 211 Å². The zero-order chi connectivity index (χ0) is 24.7. The molecule has 3 aromatic rings. The van der Waals surface area contributed by atoms with Crippen LogP contribution in [0.15, 0.2) is 78.2 Å². The molecular formula is C29H32N2O3S. The van der Waals surface area contributed by atoms with Gasteiger partial charge in [0.15, 0.2) is 0 Å². The number of amides is 2. The van der Waals surface area contributed by atoms with E-state index in [0.29, 0.717) is 31.0 Å². The van der Waals surface area contributed by atoms with Crippen molar-refractivity contribution in [1.29, 1.82) is 0 Å². The second-order valence-electron chi connectivity index (χ2n) is 9.16. The lowest BCUT2D eigenvalue weighted by Gasteiger charge is -2.46. The van der Waals surface area contributed by atoms with Crippen molar-refractivity contribution in [2.75, 3.05) is 12.4 Å². The van der Waals surface area contributed by atoms with Crippen LogP contribution in [0, 0.1) is 5.92 Å². The number of nitrogens with zero attached hydrogens (tertiary/aromatic N) is 1. The van der Waals surface area contributed by atoms with E-state index in [1.807, 2.05) is 78.2 Å². The number of hydrogen-bond acceptors (Lipinski definition) is 4. The zero-order valence-corrected chi connectivity index (χ0v) is 21.1. The highest BCUT2D eigenvalue weighted by atomic mass is 32.1. The smallest absolute Gasteiger partial charge is 0.250 e. The van der Waals surface area contributed by atoms with Gasteiger partial charge in [-0.15, -0.1) is 11.3 Å². The summed E-state index contributed by atoms with van der Waals surface area (Å²) in [4.78, 5) is 30.5. The van der Waals surface area contributed by atoms with Gasteiger partial charge in [-0.05, 0) is 79.0 Å². The summed E-state index contributed by atoms with van der Waals surface area (Å²) in [7, 11) is 1.61. The number of nitrogens with one attached hydrogen (secondary N) is 1. The molecule has 0 spiro atoms. The van der Waals surface area contributed by atoms with Crippen molar-refractivity contribution in [2.24, 2.45) is 5.92 Å². The van der Waals surface area contributed by atoms with Gasteiger partial charge in [-0.25, -0.2) is 0 Å². The number of rotatable bonds is 8. The molecule has 0 radical (unpaired) electrons. The number of benzene rings is 2. The maximum Gasteiger partial charge on any atom is 0.250 e. The van der Waals surface area contributed by atoms with Crippen molar-refractivity contribution in [1.82, 2.24) is 4.90 Å². The third-order valence-electron chi connectivity index (χ3n) is 6.77. The van der Waals surface area contributed by atoms with Gasteiger partial charge in [0.2, 0.25) is 11.8 Å². The molecule has 2 aromatic carbocycles. The molecule has 6 heteroatoms. The van der Waals surface area contributed by atoms with Gasteiger partial charge in [-0.1, -0.05) is 43.3 Å². The first-order valence-electron chi connectivity index (χ1n) is 12.0. The van der Waals surface area contributed by atoms with E-state index in [1.165, 1.54) is 0 Å². The number of carbonyl (C=O) groups excluding carboxylic acids is 2. The second-order valence-corrected chi connectivity index (χ2v) is 10.1. The molecule has 4 rings (SSSR count). The lowest BCUT2D eigenvalue weighted by molar-refractivity contribution is -0.145. The summed E-state index contributed by atoms with van der Waals surface area (Å²) in [6.45, 7) is 2.59. The molecule has 1 saturated carbocycles. The average Bonchev–Trinajstić information content (AvgIpc) is 3.41. The van der Waals surface area contributed by atoms with Crippen molar-refractivity contribution < 1.29 is 14.3 Å². The molecule has 0 saturated heterocycles. The molecule has 1 aliphatic rings. The minimum Gasteiger partial charge on any atom is -0.497 e. The topological polar surface area (TPSA) is 58.6 Å². The number of methoxy groups -OCH3 is 1. The van der Waals surface area contributed by atoms with E-state index in [0.717, 1.165) is 29.0 Å². The van der Waals surface area contributed by atoms with Crippen molar-refractivity contribution in [3.05, 3.63) is 88.6 Å². The Hall–Kier alpha value is -3.38. The van der Waals surface area contributed by atoms with E-state index in [-0.39, 0.29) is 11.8 Å². The number of anilines is 1. The summed E-state index contributed by atoms with van der Waals surface area (Å²) < 4.78 is 5.24. The van der Waals surface area contributed by atoms with Gasteiger partial charge >= 0.3 is 0 Å². The monoisotopic (exact) mass is 488 g/mol. The highest BCUT2D eigenvalue weighted by Gasteiger charge is 2.47. The van der Waals surface area contributed by atoms with Crippen LogP contribution >= 0.6 is 11.3 Å². The molecule has 0 unspecified atom stereocenters. The molecule has 182 valence electrons. The maximum absolute atomic E-state index is 14.0. The summed E-state index contributed by atoms with van der Waals surface area (Å²) in [5, 5.41) is 5.08. The molecular weight excluding hydrogens is 456 g/mol. The van der Waals surface area contributed by atoms with Crippen LogP contribution in [-0.4, -0.2) is 29.4 Å². The Morgan fingerprint density at radius 2 is 1.77 bits per heavy atom. The molecule has 2 amide bonds. The standard InChI is InChI=1S/C29H32N2O3S/c1-22-16-18-29(19-17-22,28(33)30-24-10-12-25(34-2)13-11-24)31(21-23-7-4-3-5-8-23)27(32)15-14-26-9-6-20-35-26/h3-15,20,22H,16-19,21H2,1-2H3,(H,30,33). The minimum atomic E-state index is -0.931. The highest BCUT2D eigenvalue weighted by molar-refractivity contribution is 7.10. The average molecular weight is 489 g/mol. The number of hydrogen-bond donors (Lipinski definition) is 1. The van der Waals surface area contributed by atoms with Crippen LogP contribution in [0.2, 0.25) is 0 Å². The van der Waals surface area contributed by atoms with E-state index in [2.05, 4.69) is 12.2 Å². The maximum atomic E-state index is 14.0. The van der Waals surface area contributed by atoms with Crippen LogP contribution in [0.5, 0.6) is 5.75 Å². The third-order valence-corrected chi connectivity index (χ3v) is 7.61. The fraction of sp³-hybridized carbons (Fsp3) is 0.310. The molecule has 1 heterocycles. The molecule has 0 atom stereocenters. The van der Waals surface area contributed by atoms with Crippen LogP contribution < -0.4 is 10.1 Å². The number of ether oxygens (including phenoxy) is 1. The van der Waals surface area contributed by atoms with Gasteiger partial charge in [0, 0.05) is 23.2 Å². The summed E-state index contributed by atoms with van der Waals surface area (Å²) >= 11 is 1.58. The first-order valence-corrected chi connectivity index (χ1v) is 12.9. The van der Waals surface area contributed by atoms with Crippen LogP contribution in [-0.2, 0) is 16.1 Å². The molecule has 0 bridgehead atoms. The summed E-state index contributed by atoms with van der Waals surface area (Å²) in [5.41, 5.74) is 0.759. The van der Waals surface area contributed by atoms with E-state index in [1.54, 1.807) is 29.4 Å². The Morgan fingerprint density at radius 1 is 1.06 bits per heavy atom. The largest absolute Gasteiger partial charge is 0.497 e. The molecule has 1 N–H and O–H groups in total. The van der Waals surface area contributed by atoms with Gasteiger partial charge in [-0.3, -0.25) is 9.59 Å². The fourth-order valence-electron chi connectivity index (χ4n) is 4.62. The molecule has 1 fully saturated rings. The van der Waals surface area contributed by atoms with Gasteiger partial charge in [0.05, 0.1) is 7.11 Å². The van der Waals surface area contributed by atoms with E-state index < -0.39 is 5.54 Å². The fourth-order valence-corrected chi connectivity index (χ4v) is 5.23. The van der Waals surface area contributed by atoms with Gasteiger partial charge in [0.1, 0.15) is 11.3 Å². The van der Waals surface area contributed by atoms with E-state index in [9.17, 15) is 9.59 Å². The predicted octanol–water partition coefficient (Wildman–Crippen LogP) is 6.39. The zero-order valence-electron chi connectivity index (χ0n) is 20.3. The summed E-state index contributed by atoms with van der Waals surface area (Å²) in [5.74, 6) is 0.959. The third kappa shape index (κ3) is 6.01. The normalized spacial score (nSPS) is 19.9. The molecule has 0 aliphatic heterocycles. The predicted molar refractivity (Wildman–Crippen MR) is 142 cm³/mol. The van der Waals surface area contributed by atoms with Crippen LogP contribution in [0.4, 0.5) is 5.69 Å². The Balaban J connectivity index is 1.68. The first kappa shape index (κ1) is 24.7. The molecule has 35 heavy (non-hydrogen) atoms. The van der Waals surface area contributed by atoms with Gasteiger partial charge in [0.25, 0.3) is 0 Å². The van der Waals surface area contributed by atoms with E-state index in [4.69, 9.17) is 4.74 Å². The van der Waals surface area contributed by atoms with Crippen LogP contribution in [0.3, 0.4) is 0 Å². The molecule has 1 aromatic heterocycles. The molecule has 5 nitrogen and oxygen atoms in total. The summed E-state index contributed by atoms with van der Waals surface area (Å²) in [6.07, 6.45) is 6.48. The van der Waals surface area contributed by atoms with Gasteiger partial charge < -0.3 is 15.0 Å². The SMILES string of the molecule is COc1ccc(NC(=O)C2(N(Cc3ccccc3)C(=O)C=Cc3cccs3)CCC(C)CC2)cc1. The van der Waals surface area contributed by atoms with Crippen molar-refractivity contribution in [2.45, 2.75) is 44.7 Å². The van der Waals surface area contributed by atoms with Crippen molar-refractivity contribution in [3.63, 3.8) is 0 Å². The Bertz CT molecular complexity index is 1130. The Kier molecular flexibility index (Phi) is 8.03. The van der Waals surface area contributed by atoms with Crippen molar-refractivity contribution >= 4 is 34.9 Å². The Morgan fingerprint density at radius 3 is 2.40 bits per heavy atom.